The average Bonchev–Trinajstić information content (AvgIpc) is 2.48. The number of carboxylic acid groups (broad SMARTS) is 1. The molecule has 0 unspecified atom stereocenters. The molecule has 2 rings (SSSR count). The lowest BCUT2D eigenvalue weighted by molar-refractivity contribution is 0.124. The van der Waals surface area contributed by atoms with Crippen molar-refractivity contribution in [1.82, 2.24) is 10.2 Å². The number of hydrogen-bond donors (Lipinski definition) is 2. The summed E-state index contributed by atoms with van der Waals surface area (Å²) >= 11 is 0. The van der Waals surface area contributed by atoms with Crippen LogP contribution < -0.4 is 14.8 Å². The highest BCUT2D eigenvalue weighted by Gasteiger charge is 2.22. The predicted molar refractivity (Wildman–Crippen MR) is 74.5 cm³/mol. The van der Waals surface area contributed by atoms with Crippen LogP contribution in [0.25, 0.3) is 0 Å². The summed E-state index contributed by atoms with van der Waals surface area (Å²) in [6.45, 7) is 2.25. The van der Waals surface area contributed by atoms with E-state index in [9.17, 15) is 4.79 Å². The highest BCUT2D eigenvalue weighted by Crippen LogP contribution is 2.25. The zero-order valence-electron chi connectivity index (χ0n) is 11.5. The van der Waals surface area contributed by atoms with Gasteiger partial charge in [-0.05, 0) is 18.6 Å². The van der Waals surface area contributed by atoms with E-state index in [-0.39, 0.29) is 6.04 Å². The van der Waals surface area contributed by atoms with Gasteiger partial charge in [-0.1, -0.05) is 12.1 Å². The van der Waals surface area contributed by atoms with Crippen LogP contribution in [0.4, 0.5) is 4.79 Å². The van der Waals surface area contributed by atoms with Gasteiger partial charge in [0.2, 0.25) is 0 Å². The van der Waals surface area contributed by atoms with Crippen molar-refractivity contribution in [2.75, 3.05) is 33.4 Å². The molecule has 1 fully saturated rings. The van der Waals surface area contributed by atoms with E-state index in [1.807, 2.05) is 24.3 Å². The van der Waals surface area contributed by atoms with E-state index in [1.165, 1.54) is 4.90 Å². The van der Waals surface area contributed by atoms with Gasteiger partial charge < -0.3 is 24.8 Å². The fraction of sp³-hybridized carbons (Fsp3) is 0.500. The van der Waals surface area contributed by atoms with E-state index in [2.05, 4.69) is 5.32 Å². The van der Waals surface area contributed by atoms with Crippen LogP contribution in [0.15, 0.2) is 24.3 Å². The van der Waals surface area contributed by atoms with Crippen LogP contribution in [0.2, 0.25) is 0 Å². The fourth-order valence-corrected chi connectivity index (χ4v) is 2.24. The molecule has 0 aliphatic carbocycles. The van der Waals surface area contributed by atoms with Crippen molar-refractivity contribution in [3.63, 3.8) is 0 Å². The standard InChI is InChI=1S/C14H20N2O4/c1-19-12-4-2-3-5-13(12)20-9-6-11-10-16(14(17)18)8-7-15-11/h2-5,11,15H,6-10H2,1H3,(H,17,18)/t11-/m1/s1. The number of benzene rings is 1. The van der Waals surface area contributed by atoms with E-state index < -0.39 is 6.09 Å². The molecule has 1 heterocycles. The van der Waals surface area contributed by atoms with Crippen LogP contribution in [-0.4, -0.2) is 55.5 Å². The van der Waals surface area contributed by atoms with Crippen LogP contribution in [0, 0.1) is 0 Å². The smallest absolute Gasteiger partial charge is 0.407 e. The van der Waals surface area contributed by atoms with Crippen LogP contribution in [0.3, 0.4) is 0 Å². The molecule has 0 bridgehead atoms. The van der Waals surface area contributed by atoms with Crippen molar-refractivity contribution in [2.24, 2.45) is 0 Å². The largest absolute Gasteiger partial charge is 0.493 e. The Labute approximate surface area is 118 Å². The van der Waals surface area contributed by atoms with Crippen LogP contribution in [0.1, 0.15) is 6.42 Å². The third-order valence-corrected chi connectivity index (χ3v) is 3.32. The van der Waals surface area contributed by atoms with Crippen molar-refractivity contribution in [1.29, 1.82) is 0 Å². The second-order valence-corrected chi connectivity index (χ2v) is 4.67. The normalized spacial score (nSPS) is 18.6. The number of carbonyl (C=O) groups is 1. The lowest BCUT2D eigenvalue weighted by atomic mass is 10.1. The summed E-state index contributed by atoms with van der Waals surface area (Å²) in [6, 6.07) is 7.62. The predicted octanol–water partition coefficient (Wildman–Crippen LogP) is 1.42. The monoisotopic (exact) mass is 280 g/mol. The number of ether oxygens (including phenoxy) is 2. The molecule has 1 aliphatic heterocycles. The van der Waals surface area contributed by atoms with E-state index >= 15 is 0 Å². The van der Waals surface area contributed by atoms with Crippen molar-refractivity contribution < 1.29 is 19.4 Å². The Morgan fingerprint density at radius 1 is 1.45 bits per heavy atom. The first-order chi connectivity index (χ1) is 9.70. The number of amides is 1. The molecule has 0 radical (unpaired) electrons. The molecule has 1 saturated heterocycles. The minimum atomic E-state index is -0.859. The molecule has 1 atom stereocenters. The quantitative estimate of drug-likeness (QED) is 0.853. The van der Waals surface area contributed by atoms with E-state index in [0.717, 1.165) is 6.42 Å². The molecular formula is C14H20N2O4. The number of nitrogens with one attached hydrogen (secondary N) is 1. The third-order valence-electron chi connectivity index (χ3n) is 3.32. The lowest BCUT2D eigenvalue weighted by Gasteiger charge is -2.31. The number of para-hydroxylation sites is 2. The Kier molecular flexibility index (Phi) is 5.06. The average molecular weight is 280 g/mol. The first kappa shape index (κ1) is 14.5. The van der Waals surface area contributed by atoms with E-state index in [1.54, 1.807) is 7.11 Å². The fourth-order valence-electron chi connectivity index (χ4n) is 2.24. The summed E-state index contributed by atoms with van der Waals surface area (Å²) in [6.07, 6.45) is -0.107. The van der Waals surface area contributed by atoms with Gasteiger partial charge in [0.1, 0.15) is 0 Å². The maximum Gasteiger partial charge on any atom is 0.407 e. The molecular weight excluding hydrogens is 260 g/mol. The Hall–Kier alpha value is -1.95. The molecule has 0 spiro atoms. The molecule has 1 aliphatic rings. The maximum atomic E-state index is 10.9. The second-order valence-electron chi connectivity index (χ2n) is 4.67. The zero-order chi connectivity index (χ0) is 14.4. The summed E-state index contributed by atoms with van der Waals surface area (Å²) in [4.78, 5) is 12.4. The van der Waals surface area contributed by atoms with Crippen LogP contribution >= 0.6 is 0 Å². The van der Waals surface area contributed by atoms with Crippen molar-refractivity contribution in [2.45, 2.75) is 12.5 Å². The molecule has 6 nitrogen and oxygen atoms in total. The number of nitrogens with zero attached hydrogens (tertiary/aromatic N) is 1. The van der Waals surface area contributed by atoms with Crippen molar-refractivity contribution in [3.8, 4) is 11.5 Å². The topological polar surface area (TPSA) is 71.0 Å². The molecule has 1 aromatic carbocycles. The minimum absolute atomic E-state index is 0.134. The van der Waals surface area contributed by atoms with Gasteiger partial charge in [0.15, 0.2) is 11.5 Å². The molecule has 20 heavy (non-hydrogen) atoms. The SMILES string of the molecule is COc1ccccc1OCC[C@@H]1CN(C(=O)O)CCN1. The number of piperazine rings is 1. The Morgan fingerprint density at radius 3 is 2.90 bits per heavy atom. The first-order valence-electron chi connectivity index (χ1n) is 6.68. The number of rotatable bonds is 5. The lowest BCUT2D eigenvalue weighted by Crippen LogP contribution is -2.52. The van der Waals surface area contributed by atoms with Gasteiger partial charge in [-0.3, -0.25) is 0 Å². The van der Waals surface area contributed by atoms with Crippen molar-refractivity contribution >= 4 is 6.09 Å². The zero-order valence-corrected chi connectivity index (χ0v) is 11.5. The summed E-state index contributed by atoms with van der Waals surface area (Å²) in [5, 5.41) is 12.3. The van der Waals surface area contributed by atoms with E-state index in [4.69, 9.17) is 14.6 Å². The molecule has 6 heteroatoms. The summed E-state index contributed by atoms with van der Waals surface area (Å²) in [7, 11) is 1.61. The Bertz CT molecular complexity index is 453. The minimum Gasteiger partial charge on any atom is -0.493 e. The third kappa shape index (κ3) is 3.77. The van der Waals surface area contributed by atoms with Gasteiger partial charge in [0.25, 0.3) is 0 Å². The van der Waals surface area contributed by atoms with Gasteiger partial charge in [0.05, 0.1) is 13.7 Å². The van der Waals surface area contributed by atoms with Crippen LogP contribution in [0.5, 0.6) is 11.5 Å². The highest BCUT2D eigenvalue weighted by atomic mass is 16.5. The molecule has 1 aromatic rings. The Morgan fingerprint density at radius 2 is 2.20 bits per heavy atom. The summed E-state index contributed by atoms with van der Waals surface area (Å²) < 4.78 is 10.9. The number of hydrogen-bond acceptors (Lipinski definition) is 4. The second kappa shape index (κ2) is 7.00. The van der Waals surface area contributed by atoms with Gasteiger partial charge in [-0.25, -0.2) is 4.79 Å². The molecule has 0 saturated carbocycles. The van der Waals surface area contributed by atoms with E-state index in [0.29, 0.717) is 37.7 Å². The van der Waals surface area contributed by atoms with Gasteiger partial charge >= 0.3 is 6.09 Å². The highest BCUT2D eigenvalue weighted by molar-refractivity contribution is 5.65. The van der Waals surface area contributed by atoms with Gasteiger partial charge in [0, 0.05) is 25.7 Å². The van der Waals surface area contributed by atoms with Crippen molar-refractivity contribution in [3.05, 3.63) is 24.3 Å². The van der Waals surface area contributed by atoms with Gasteiger partial charge in [-0.2, -0.15) is 0 Å². The summed E-state index contributed by atoms with van der Waals surface area (Å²) in [5.41, 5.74) is 0. The molecule has 0 aromatic heterocycles. The first-order valence-corrected chi connectivity index (χ1v) is 6.68. The molecule has 110 valence electrons. The Balaban J connectivity index is 1.79. The van der Waals surface area contributed by atoms with Crippen LogP contribution in [-0.2, 0) is 0 Å². The molecule has 2 N–H and O–H groups in total. The number of methoxy groups -OCH3 is 1. The molecule has 1 amide bonds. The maximum absolute atomic E-state index is 10.9. The summed E-state index contributed by atoms with van der Waals surface area (Å²) in [5.74, 6) is 1.41. The van der Waals surface area contributed by atoms with Gasteiger partial charge in [-0.15, -0.1) is 0 Å².